The summed E-state index contributed by atoms with van der Waals surface area (Å²) in [4.78, 5) is 11.0. The number of β-amino-alcohol motifs (C(OH)–C–C–N with tert-alkyl or cyclic N) is 1. The van der Waals surface area contributed by atoms with Crippen LogP contribution in [0.15, 0.2) is 23.1 Å². The van der Waals surface area contributed by atoms with Crippen molar-refractivity contribution in [1.29, 1.82) is 0 Å². The maximum atomic E-state index is 12.3. The van der Waals surface area contributed by atoms with Gasteiger partial charge in [-0.05, 0) is 25.1 Å². The Morgan fingerprint density at radius 2 is 2.00 bits per heavy atom. The Hall–Kier alpha value is -1.64. The standard InChI is InChI=1S/C12H15NO6S/c1-12(16)6-13(7-12)20(17,18)8-3-4-10(19-2)9(5-8)11(14)15/h3-5,16H,6-7H2,1-2H3,(H,14,15). The highest BCUT2D eigenvalue weighted by atomic mass is 32.2. The number of carboxylic acid groups (broad SMARTS) is 1. The fourth-order valence-corrected chi connectivity index (χ4v) is 3.75. The van der Waals surface area contributed by atoms with Crippen LogP contribution in [0, 0.1) is 0 Å². The zero-order valence-electron chi connectivity index (χ0n) is 11.0. The first-order valence-corrected chi connectivity index (χ1v) is 7.25. The first-order valence-electron chi connectivity index (χ1n) is 5.81. The number of benzene rings is 1. The lowest BCUT2D eigenvalue weighted by molar-refractivity contribution is -0.0426. The van der Waals surface area contributed by atoms with Gasteiger partial charge in [0, 0.05) is 13.1 Å². The number of carbonyl (C=O) groups is 1. The van der Waals surface area contributed by atoms with E-state index >= 15 is 0 Å². The molecule has 20 heavy (non-hydrogen) atoms. The normalized spacial score (nSPS) is 18.4. The number of ether oxygens (including phenoxy) is 1. The molecule has 0 bridgehead atoms. The Balaban J connectivity index is 2.38. The topological polar surface area (TPSA) is 104 Å². The molecule has 0 saturated carbocycles. The molecular formula is C12H15NO6S. The molecule has 1 fully saturated rings. The van der Waals surface area contributed by atoms with Crippen LogP contribution in [0.25, 0.3) is 0 Å². The summed E-state index contributed by atoms with van der Waals surface area (Å²) in [5.41, 5.74) is -1.25. The molecule has 1 aromatic rings. The van der Waals surface area contributed by atoms with Crippen molar-refractivity contribution in [2.45, 2.75) is 17.4 Å². The molecule has 8 heteroatoms. The fraction of sp³-hybridized carbons (Fsp3) is 0.417. The third-order valence-corrected chi connectivity index (χ3v) is 4.86. The first-order chi connectivity index (χ1) is 9.17. The van der Waals surface area contributed by atoms with Gasteiger partial charge in [0.05, 0.1) is 17.6 Å². The van der Waals surface area contributed by atoms with E-state index in [1.165, 1.54) is 26.2 Å². The smallest absolute Gasteiger partial charge is 0.339 e. The third-order valence-electron chi connectivity index (χ3n) is 3.07. The number of hydrogen-bond acceptors (Lipinski definition) is 5. The van der Waals surface area contributed by atoms with Crippen molar-refractivity contribution in [1.82, 2.24) is 4.31 Å². The molecule has 0 atom stereocenters. The summed E-state index contributed by atoms with van der Waals surface area (Å²) >= 11 is 0. The minimum absolute atomic E-state index is 0.0102. The summed E-state index contributed by atoms with van der Waals surface area (Å²) in [5, 5.41) is 18.6. The average molecular weight is 301 g/mol. The van der Waals surface area contributed by atoms with E-state index in [-0.39, 0.29) is 29.3 Å². The van der Waals surface area contributed by atoms with E-state index < -0.39 is 21.6 Å². The Kier molecular flexibility index (Phi) is 3.49. The summed E-state index contributed by atoms with van der Waals surface area (Å²) in [6, 6.07) is 3.64. The number of sulfonamides is 1. The molecule has 0 aliphatic carbocycles. The maximum absolute atomic E-state index is 12.3. The summed E-state index contributed by atoms with van der Waals surface area (Å²) in [5.74, 6) is -1.18. The van der Waals surface area contributed by atoms with Gasteiger partial charge in [0.2, 0.25) is 10.0 Å². The molecule has 1 aliphatic rings. The Morgan fingerprint density at radius 3 is 2.45 bits per heavy atom. The van der Waals surface area contributed by atoms with E-state index in [9.17, 15) is 18.3 Å². The van der Waals surface area contributed by atoms with Gasteiger partial charge in [-0.15, -0.1) is 0 Å². The predicted octanol–water partition coefficient (Wildman–Crippen LogP) is 0.149. The lowest BCUT2D eigenvalue weighted by Gasteiger charge is -2.42. The molecule has 0 unspecified atom stereocenters. The molecule has 0 amide bonds. The Bertz CT molecular complexity index is 644. The summed E-state index contributed by atoms with van der Waals surface area (Å²) in [7, 11) is -2.49. The van der Waals surface area contributed by atoms with Crippen LogP contribution in [0.4, 0.5) is 0 Å². The van der Waals surface area contributed by atoms with Crippen LogP contribution in [0.1, 0.15) is 17.3 Å². The molecule has 0 radical (unpaired) electrons. The molecule has 0 aromatic heterocycles. The summed E-state index contributed by atoms with van der Waals surface area (Å²) < 4.78 is 30.5. The van der Waals surface area contributed by atoms with E-state index in [1.54, 1.807) is 0 Å². The number of aromatic carboxylic acids is 1. The minimum Gasteiger partial charge on any atom is -0.496 e. The fourth-order valence-electron chi connectivity index (χ4n) is 2.05. The van der Waals surface area contributed by atoms with E-state index in [1.807, 2.05) is 0 Å². The minimum atomic E-state index is -3.80. The van der Waals surface area contributed by atoms with Crippen LogP contribution < -0.4 is 4.74 Å². The van der Waals surface area contributed by atoms with Gasteiger partial charge in [-0.1, -0.05) is 0 Å². The SMILES string of the molecule is COc1ccc(S(=O)(=O)N2CC(C)(O)C2)cc1C(=O)O. The Morgan fingerprint density at radius 1 is 1.40 bits per heavy atom. The maximum Gasteiger partial charge on any atom is 0.339 e. The van der Waals surface area contributed by atoms with Gasteiger partial charge in [-0.2, -0.15) is 4.31 Å². The molecule has 7 nitrogen and oxygen atoms in total. The van der Waals surface area contributed by atoms with Crippen molar-refractivity contribution in [3.8, 4) is 5.75 Å². The summed E-state index contributed by atoms with van der Waals surface area (Å²) in [6.45, 7) is 1.52. The van der Waals surface area contributed by atoms with Crippen molar-refractivity contribution >= 4 is 16.0 Å². The second-order valence-electron chi connectivity index (χ2n) is 4.94. The van der Waals surface area contributed by atoms with Gasteiger partial charge in [0.15, 0.2) is 0 Å². The quantitative estimate of drug-likeness (QED) is 0.820. The Labute approximate surface area is 116 Å². The van der Waals surface area contributed by atoms with Gasteiger partial charge in [-0.3, -0.25) is 0 Å². The van der Waals surface area contributed by atoms with Crippen LogP contribution in [0.2, 0.25) is 0 Å². The highest BCUT2D eigenvalue weighted by Crippen LogP contribution is 2.30. The number of aliphatic hydroxyl groups is 1. The van der Waals surface area contributed by atoms with Crippen LogP contribution in [-0.4, -0.2) is 54.7 Å². The van der Waals surface area contributed by atoms with Gasteiger partial charge >= 0.3 is 5.97 Å². The van der Waals surface area contributed by atoms with E-state index in [0.29, 0.717) is 0 Å². The van der Waals surface area contributed by atoms with E-state index in [4.69, 9.17) is 9.84 Å². The number of methoxy groups -OCH3 is 1. The van der Waals surface area contributed by atoms with Crippen LogP contribution in [0.5, 0.6) is 5.75 Å². The van der Waals surface area contributed by atoms with Gasteiger partial charge in [0.1, 0.15) is 11.3 Å². The van der Waals surface area contributed by atoms with Crippen molar-refractivity contribution in [3.05, 3.63) is 23.8 Å². The van der Waals surface area contributed by atoms with E-state index in [0.717, 1.165) is 10.4 Å². The highest BCUT2D eigenvalue weighted by molar-refractivity contribution is 7.89. The van der Waals surface area contributed by atoms with Crippen LogP contribution >= 0.6 is 0 Å². The second kappa shape index (κ2) is 4.72. The number of carboxylic acids is 1. The molecule has 2 rings (SSSR count). The zero-order chi connectivity index (χ0) is 15.1. The average Bonchev–Trinajstić information content (AvgIpc) is 2.34. The number of rotatable bonds is 4. The van der Waals surface area contributed by atoms with Gasteiger partial charge < -0.3 is 14.9 Å². The highest BCUT2D eigenvalue weighted by Gasteiger charge is 2.44. The first kappa shape index (κ1) is 14.8. The van der Waals surface area contributed by atoms with Crippen molar-refractivity contribution in [3.63, 3.8) is 0 Å². The molecule has 1 saturated heterocycles. The molecular weight excluding hydrogens is 286 g/mol. The molecule has 110 valence electrons. The molecule has 0 spiro atoms. The van der Waals surface area contributed by atoms with Crippen molar-refractivity contribution < 1.29 is 28.2 Å². The molecule has 1 aliphatic heterocycles. The monoisotopic (exact) mass is 301 g/mol. The lowest BCUT2D eigenvalue weighted by atomic mass is 10.0. The van der Waals surface area contributed by atoms with E-state index in [2.05, 4.69) is 0 Å². The van der Waals surface area contributed by atoms with Gasteiger partial charge in [-0.25, -0.2) is 13.2 Å². The van der Waals surface area contributed by atoms with Gasteiger partial charge in [0.25, 0.3) is 0 Å². The number of nitrogens with zero attached hydrogens (tertiary/aromatic N) is 1. The summed E-state index contributed by atoms with van der Waals surface area (Å²) in [6.07, 6.45) is 0. The molecule has 1 heterocycles. The predicted molar refractivity (Wildman–Crippen MR) is 69.3 cm³/mol. The lowest BCUT2D eigenvalue weighted by Crippen LogP contribution is -2.61. The molecule has 1 aromatic carbocycles. The zero-order valence-corrected chi connectivity index (χ0v) is 11.8. The van der Waals surface area contributed by atoms with Crippen molar-refractivity contribution in [2.24, 2.45) is 0 Å². The number of hydrogen-bond donors (Lipinski definition) is 2. The molecule has 2 N–H and O–H groups in total. The van der Waals surface area contributed by atoms with Crippen LogP contribution in [0.3, 0.4) is 0 Å². The van der Waals surface area contributed by atoms with Crippen LogP contribution in [-0.2, 0) is 10.0 Å². The van der Waals surface area contributed by atoms with Crippen molar-refractivity contribution in [2.75, 3.05) is 20.2 Å². The largest absolute Gasteiger partial charge is 0.496 e. The third kappa shape index (κ3) is 2.49. The second-order valence-corrected chi connectivity index (χ2v) is 6.88.